The van der Waals surface area contributed by atoms with E-state index >= 15 is 0 Å². The summed E-state index contributed by atoms with van der Waals surface area (Å²) in [6.07, 6.45) is 0.488. The Balaban J connectivity index is 2.02. The van der Waals surface area contributed by atoms with Crippen LogP contribution in [0.25, 0.3) is 0 Å². The zero-order valence-corrected chi connectivity index (χ0v) is 9.98. The lowest BCUT2D eigenvalue weighted by Gasteiger charge is -2.48. The number of ketones is 1. The molecule has 2 fully saturated rings. The lowest BCUT2D eigenvalue weighted by Crippen LogP contribution is -2.71. The highest BCUT2D eigenvalue weighted by Gasteiger charge is 2.49. The summed E-state index contributed by atoms with van der Waals surface area (Å²) in [6, 6.07) is -0.902. The van der Waals surface area contributed by atoms with Crippen LogP contribution in [0.2, 0.25) is 0 Å². The van der Waals surface area contributed by atoms with E-state index in [2.05, 4.69) is 5.32 Å². The van der Waals surface area contributed by atoms with Crippen LogP contribution in [-0.4, -0.2) is 59.0 Å². The number of piperazine rings is 1. The van der Waals surface area contributed by atoms with Gasteiger partial charge in [-0.3, -0.25) is 9.59 Å². The maximum atomic E-state index is 12.0. The number of aliphatic hydroxyl groups is 1. The highest BCUT2D eigenvalue weighted by molar-refractivity contribution is 5.95. The molecule has 0 aromatic heterocycles. The zero-order valence-electron chi connectivity index (χ0n) is 9.98. The van der Waals surface area contributed by atoms with Crippen molar-refractivity contribution in [3.63, 3.8) is 0 Å². The van der Waals surface area contributed by atoms with E-state index in [1.807, 2.05) is 0 Å². The number of amides is 1. The summed E-state index contributed by atoms with van der Waals surface area (Å²) < 4.78 is 0. The molecule has 1 aliphatic carbocycles. The van der Waals surface area contributed by atoms with Crippen molar-refractivity contribution in [3.8, 4) is 0 Å². The molecule has 0 aromatic rings. The highest BCUT2D eigenvalue weighted by Crippen LogP contribution is 2.30. The molecule has 0 radical (unpaired) electrons. The fourth-order valence-electron chi connectivity index (χ4n) is 2.38. The second-order valence-electron chi connectivity index (χ2n) is 4.96. The average Bonchev–Trinajstić information content (AvgIpc) is 2.35. The number of hydrogen-bond acceptors (Lipinski definition) is 5. The van der Waals surface area contributed by atoms with Crippen LogP contribution >= 0.6 is 0 Å². The third kappa shape index (κ3) is 2.08. The van der Waals surface area contributed by atoms with Crippen LogP contribution in [0.1, 0.15) is 19.8 Å². The number of hydrogen-bond donors (Lipinski definition) is 3. The van der Waals surface area contributed by atoms with Crippen molar-refractivity contribution in [2.75, 3.05) is 19.6 Å². The first-order valence-corrected chi connectivity index (χ1v) is 5.97. The van der Waals surface area contributed by atoms with E-state index in [0.29, 0.717) is 26.1 Å². The number of rotatable bonds is 2. The van der Waals surface area contributed by atoms with Gasteiger partial charge in [-0.25, -0.2) is 0 Å². The number of carbonyl (C=O) groups excluding carboxylic acids is 2. The first kappa shape index (κ1) is 12.5. The number of nitrogens with one attached hydrogen (secondary N) is 1. The third-order valence-corrected chi connectivity index (χ3v) is 3.74. The van der Waals surface area contributed by atoms with Crippen LogP contribution in [0.15, 0.2) is 0 Å². The Hall–Kier alpha value is -0.980. The Morgan fingerprint density at radius 3 is 2.82 bits per heavy atom. The SMILES string of the molecule is C[C@@H](O)[C@H](N)C(=O)N1CCNC2(CCC2=O)C1. The van der Waals surface area contributed by atoms with E-state index in [1.165, 1.54) is 6.92 Å². The maximum absolute atomic E-state index is 12.0. The Labute approximate surface area is 100 Å². The Bertz CT molecular complexity index is 345. The molecule has 1 spiro atoms. The van der Waals surface area contributed by atoms with Gasteiger partial charge in [0.05, 0.1) is 11.6 Å². The molecule has 1 saturated heterocycles. The molecule has 6 heteroatoms. The molecule has 0 bridgehead atoms. The molecular formula is C11H19N3O3. The van der Waals surface area contributed by atoms with Gasteiger partial charge in [0, 0.05) is 26.1 Å². The number of aliphatic hydroxyl groups excluding tert-OH is 1. The smallest absolute Gasteiger partial charge is 0.242 e. The van der Waals surface area contributed by atoms with Crippen LogP contribution in [0.3, 0.4) is 0 Å². The maximum Gasteiger partial charge on any atom is 0.242 e. The summed E-state index contributed by atoms with van der Waals surface area (Å²) in [4.78, 5) is 25.2. The largest absolute Gasteiger partial charge is 0.391 e. The summed E-state index contributed by atoms with van der Waals surface area (Å²) in [5.74, 6) is -0.110. The van der Waals surface area contributed by atoms with Crippen LogP contribution < -0.4 is 11.1 Å². The van der Waals surface area contributed by atoms with Crippen molar-refractivity contribution in [2.24, 2.45) is 5.73 Å². The number of nitrogens with zero attached hydrogens (tertiary/aromatic N) is 1. The van der Waals surface area contributed by atoms with Crippen molar-refractivity contribution in [1.29, 1.82) is 0 Å². The van der Waals surface area contributed by atoms with Gasteiger partial charge in [0.1, 0.15) is 6.04 Å². The van der Waals surface area contributed by atoms with Gasteiger partial charge in [-0.05, 0) is 13.3 Å². The molecule has 6 nitrogen and oxygen atoms in total. The second kappa shape index (κ2) is 4.36. The van der Waals surface area contributed by atoms with Crippen molar-refractivity contribution in [2.45, 2.75) is 37.5 Å². The van der Waals surface area contributed by atoms with E-state index in [-0.39, 0.29) is 11.7 Å². The predicted octanol–water partition coefficient (Wildman–Crippen LogP) is -1.77. The normalized spacial score (nSPS) is 32.2. The second-order valence-corrected chi connectivity index (χ2v) is 4.96. The topological polar surface area (TPSA) is 95.7 Å². The molecule has 17 heavy (non-hydrogen) atoms. The van der Waals surface area contributed by atoms with Crippen LogP contribution in [0, 0.1) is 0 Å². The van der Waals surface area contributed by atoms with E-state index in [0.717, 1.165) is 6.42 Å². The summed E-state index contributed by atoms with van der Waals surface area (Å²) in [7, 11) is 0. The quantitative estimate of drug-likeness (QED) is 0.531. The summed E-state index contributed by atoms with van der Waals surface area (Å²) >= 11 is 0. The molecule has 2 aliphatic rings. The monoisotopic (exact) mass is 241 g/mol. The zero-order chi connectivity index (χ0) is 12.6. The molecule has 1 amide bonds. The molecule has 3 atom stereocenters. The molecule has 4 N–H and O–H groups in total. The van der Waals surface area contributed by atoms with Gasteiger partial charge in [-0.1, -0.05) is 0 Å². The third-order valence-electron chi connectivity index (χ3n) is 3.74. The van der Waals surface area contributed by atoms with Gasteiger partial charge in [-0.2, -0.15) is 0 Å². The van der Waals surface area contributed by atoms with Crippen molar-refractivity contribution in [3.05, 3.63) is 0 Å². The van der Waals surface area contributed by atoms with Gasteiger partial charge in [-0.15, -0.1) is 0 Å². The van der Waals surface area contributed by atoms with Gasteiger partial charge in [0.2, 0.25) is 5.91 Å². The summed E-state index contributed by atoms with van der Waals surface area (Å²) in [6.45, 7) is 3.01. The molecular weight excluding hydrogens is 222 g/mol. The lowest BCUT2D eigenvalue weighted by molar-refractivity contribution is -0.144. The van der Waals surface area contributed by atoms with Crippen LogP contribution in [0.4, 0.5) is 0 Å². The van der Waals surface area contributed by atoms with Crippen LogP contribution in [0.5, 0.6) is 0 Å². The molecule has 0 aromatic carbocycles. The van der Waals surface area contributed by atoms with Crippen molar-refractivity contribution >= 4 is 11.7 Å². The van der Waals surface area contributed by atoms with E-state index < -0.39 is 17.7 Å². The predicted molar refractivity (Wildman–Crippen MR) is 61.2 cm³/mol. The minimum Gasteiger partial charge on any atom is -0.391 e. The average molecular weight is 241 g/mol. The van der Waals surface area contributed by atoms with Crippen molar-refractivity contribution in [1.82, 2.24) is 10.2 Å². The Morgan fingerprint density at radius 2 is 2.35 bits per heavy atom. The molecule has 1 heterocycles. The van der Waals surface area contributed by atoms with Gasteiger partial charge < -0.3 is 21.1 Å². The first-order valence-electron chi connectivity index (χ1n) is 5.97. The molecule has 1 saturated carbocycles. The number of nitrogens with two attached hydrogens (primary N) is 1. The molecule has 2 rings (SSSR count). The lowest BCUT2D eigenvalue weighted by atomic mass is 9.74. The summed E-state index contributed by atoms with van der Waals surface area (Å²) in [5, 5.41) is 12.5. The number of Topliss-reactive ketones (excluding diaryl/α,β-unsaturated/α-hetero) is 1. The molecule has 1 aliphatic heterocycles. The van der Waals surface area contributed by atoms with Gasteiger partial charge in [0.25, 0.3) is 0 Å². The fourth-order valence-corrected chi connectivity index (χ4v) is 2.38. The van der Waals surface area contributed by atoms with E-state index in [9.17, 15) is 14.7 Å². The first-order chi connectivity index (χ1) is 7.96. The van der Waals surface area contributed by atoms with Gasteiger partial charge >= 0.3 is 0 Å². The fraction of sp³-hybridized carbons (Fsp3) is 0.818. The standard InChI is InChI=1S/C11H19N3O3/c1-7(15)9(12)10(17)14-5-4-13-11(6-14)3-2-8(11)16/h7,9,13,15H,2-6,12H2,1H3/t7-,9+,11?/m1/s1. The van der Waals surface area contributed by atoms with E-state index in [4.69, 9.17) is 5.73 Å². The Morgan fingerprint density at radius 1 is 1.65 bits per heavy atom. The van der Waals surface area contributed by atoms with Gasteiger partial charge in [0.15, 0.2) is 5.78 Å². The summed E-state index contributed by atoms with van der Waals surface area (Å²) in [5.41, 5.74) is 5.09. The van der Waals surface area contributed by atoms with Crippen molar-refractivity contribution < 1.29 is 14.7 Å². The van der Waals surface area contributed by atoms with Crippen LogP contribution in [-0.2, 0) is 9.59 Å². The minimum absolute atomic E-state index is 0.167. The Kier molecular flexibility index (Phi) is 3.20. The molecule has 96 valence electrons. The number of carbonyl (C=O) groups is 2. The van der Waals surface area contributed by atoms with E-state index in [1.54, 1.807) is 4.90 Å². The molecule has 1 unspecified atom stereocenters. The minimum atomic E-state index is -0.902. The highest BCUT2D eigenvalue weighted by atomic mass is 16.3.